The highest BCUT2D eigenvalue weighted by Crippen LogP contribution is 2.31. The van der Waals surface area contributed by atoms with Crippen LogP contribution in [0, 0.1) is 5.82 Å². The number of amides is 1. The molecule has 29 heavy (non-hydrogen) atoms. The Morgan fingerprint density at radius 1 is 1.14 bits per heavy atom. The van der Waals surface area contributed by atoms with Gasteiger partial charge < -0.3 is 10.1 Å². The van der Waals surface area contributed by atoms with E-state index in [1.807, 2.05) is 17.5 Å². The highest BCUT2D eigenvalue weighted by atomic mass is 32.2. The molecular weight excluding hydrogens is 415 g/mol. The van der Waals surface area contributed by atoms with Crippen molar-refractivity contribution in [3.63, 3.8) is 0 Å². The maximum atomic E-state index is 13.3. The van der Waals surface area contributed by atoms with Crippen LogP contribution in [0.2, 0.25) is 0 Å². The van der Waals surface area contributed by atoms with E-state index in [2.05, 4.69) is 10.0 Å². The minimum atomic E-state index is -3.95. The number of halogens is 1. The predicted octanol–water partition coefficient (Wildman–Crippen LogP) is 3.92. The van der Waals surface area contributed by atoms with Crippen LogP contribution in [0.3, 0.4) is 0 Å². The number of carbonyl (C=O) groups excluding carboxylic acids is 1. The molecule has 1 unspecified atom stereocenters. The molecule has 1 aromatic heterocycles. The van der Waals surface area contributed by atoms with Crippen molar-refractivity contribution < 1.29 is 22.3 Å². The summed E-state index contributed by atoms with van der Waals surface area (Å²) in [5, 5.41) is 4.42. The zero-order valence-electron chi connectivity index (χ0n) is 15.7. The van der Waals surface area contributed by atoms with Gasteiger partial charge in [0.05, 0.1) is 23.7 Å². The zero-order chi connectivity index (χ0) is 21.0. The molecule has 6 nitrogen and oxygen atoms in total. The fourth-order valence-corrected chi connectivity index (χ4v) is 4.85. The first-order chi connectivity index (χ1) is 13.8. The molecule has 0 fully saturated rings. The van der Waals surface area contributed by atoms with E-state index >= 15 is 0 Å². The van der Waals surface area contributed by atoms with E-state index in [1.54, 1.807) is 12.1 Å². The van der Waals surface area contributed by atoms with Crippen LogP contribution in [0.15, 0.2) is 64.9 Å². The van der Waals surface area contributed by atoms with Crippen LogP contribution in [0.25, 0.3) is 0 Å². The third-order valence-electron chi connectivity index (χ3n) is 4.10. The molecule has 0 saturated carbocycles. The molecule has 0 saturated heterocycles. The molecular formula is C20H19FN2O4S2. The normalized spacial score (nSPS) is 12.4. The lowest BCUT2D eigenvalue weighted by molar-refractivity contribution is -0.114. The van der Waals surface area contributed by atoms with Gasteiger partial charge >= 0.3 is 0 Å². The van der Waals surface area contributed by atoms with Gasteiger partial charge in [0.25, 0.3) is 0 Å². The molecule has 0 aliphatic carbocycles. The number of sulfonamides is 1. The third-order valence-corrected chi connectivity index (χ3v) is 6.46. The van der Waals surface area contributed by atoms with Gasteiger partial charge in [0.1, 0.15) is 11.6 Å². The maximum absolute atomic E-state index is 13.3. The highest BCUT2D eigenvalue weighted by molar-refractivity contribution is 7.89. The Labute approximate surface area is 172 Å². The quantitative estimate of drug-likeness (QED) is 0.590. The molecule has 3 aromatic rings. The molecule has 0 radical (unpaired) electrons. The maximum Gasteiger partial charge on any atom is 0.241 e. The Bertz CT molecular complexity index is 1100. The number of hydrogen-bond donors (Lipinski definition) is 2. The third kappa shape index (κ3) is 5.00. The summed E-state index contributed by atoms with van der Waals surface area (Å²) in [4.78, 5) is 12.0. The molecule has 2 N–H and O–H groups in total. The molecule has 0 aliphatic heterocycles. The topological polar surface area (TPSA) is 84.5 Å². The van der Waals surface area contributed by atoms with Gasteiger partial charge in [-0.05, 0) is 41.3 Å². The van der Waals surface area contributed by atoms with Crippen molar-refractivity contribution in [3.05, 3.63) is 76.2 Å². The fourth-order valence-electron chi connectivity index (χ4n) is 2.76. The second kappa shape index (κ2) is 8.73. The first-order valence-electron chi connectivity index (χ1n) is 8.57. The first kappa shape index (κ1) is 21.0. The monoisotopic (exact) mass is 434 g/mol. The molecule has 3 rings (SSSR count). The number of anilines is 1. The van der Waals surface area contributed by atoms with E-state index in [0.29, 0.717) is 11.3 Å². The summed E-state index contributed by atoms with van der Waals surface area (Å²) >= 11 is 1.39. The van der Waals surface area contributed by atoms with Gasteiger partial charge in [0.15, 0.2) is 0 Å². The molecule has 1 atom stereocenters. The molecule has 1 amide bonds. The second-order valence-corrected chi connectivity index (χ2v) is 8.86. The molecule has 152 valence electrons. The number of rotatable bonds is 7. The number of methoxy groups -OCH3 is 1. The predicted molar refractivity (Wildman–Crippen MR) is 110 cm³/mol. The van der Waals surface area contributed by atoms with E-state index in [1.165, 1.54) is 55.7 Å². The summed E-state index contributed by atoms with van der Waals surface area (Å²) in [6.07, 6.45) is 0. The van der Waals surface area contributed by atoms with Crippen molar-refractivity contribution in [3.8, 4) is 5.75 Å². The second-order valence-electron chi connectivity index (χ2n) is 6.16. The van der Waals surface area contributed by atoms with Crippen LogP contribution in [0.5, 0.6) is 5.75 Å². The van der Waals surface area contributed by atoms with E-state index in [0.717, 1.165) is 4.88 Å². The zero-order valence-corrected chi connectivity index (χ0v) is 17.3. The number of nitrogens with one attached hydrogen (secondary N) is 2. The Morgan fingerprint density at radius 3 is 2.45 bits per heavy atom. The van der Waals surface area contributed by atoms with Crippen LogP contribution in [0.1, 0.15) is 23.4 Å². The Hall–Kier alpha value is -2.75. The Balaban J connectivity index is 1.97. The van der Waals surface area contributed by atoms with Crippen LogP contribution < -0.4 is 14.8 Å². The van der Waals surface area contributed by atoms with E-state index in [4.69, 9.17) is 4.74 Å². The van der Waals surface area contributed by atoms with E-state index in [9.17, 15) is 17.6 Å². The van der Waals surface area contributed by atoms with Gasteiger partial charge in [0.2, 0.25) is 15.9 Å². The summed E-state index contributed by atoms with van der Waals surface area (Å²) in [5.74, 6) is -0.483. The van der Waals surface area contributed by atoms with Crippen molar-refractivity contribution in [2.45, 2.75) is 17.9 Å². The SMILES string of the molecule is COc1cc(S(=O)(=O)NC(c2ccc(F)cc2)c2cccs2)ccc1NC(C)=O. The molecule has 1 heterocycles. The molecule has 2 aromatic carbocycles. The summed E-state index contributed by atoms with van der Waals surface area (Å²) in [7, 11) is -2.57. The molecule has 0 spiro atoms. The molecule has 9 heteroatoms. The van der Waals surface area contributed by atoms with Gasteiger partial charge in [-0.2, -0.15) is 4.72 Å². The van der Waals surface area contributed by atoms with Gasteiger partial charge in [-0.3, -0.25) is 4.79 Å². The summed E-state index contributed by atoms with van der Waals surface area (Å²) in [5.41, 5.74) is 0.978. The van der Waals surface area contributed by atoms with Gasteiger partial charge in [-0.1, -0.05) is 18.2 Å². The smallest absolute Gasteiger partial charge is 0.241 e. The Morgan fingerprint density at radius 2 is 1.86 bits per heavy atom. The van der Waals surface area contributed by atoms with Crippen molar-refractivity contribution >= 4 is 33.0 Å². The molecule has 0 bridgehead atoms. The van der Waals surface area contributed by atoms with Crippen LogP contribution in [0.4, 0.5) is 10.1 Å². The van der Waals surface area contributed by atoms with Gasteiger partial charge in [0, 0.05) is 17.9 Å². The molecule has 0 aliphatic rings. The minimum absolute atomic E-state index is 0.0212. The number of carbonyl (C=O) groups is 1. The van der Waals surface area contributed by atoms with Crippen molar-refractivity contribution in [2.24, 2.45) is 0 Å². The number of benzene rings is 2. The van der Waals surface area contributed by atoms with Crippen molar-refractivity contribution in [1.29, 1.82) is 0 Å². The van der Waals surface area contributed by atoms with Gasteiger partial charge in [-0.15, -0.1) is 11.3 Å². The summed E-state index contributed by atoms with van der Waals surface area (Å²) in [6.45, 7) is 1.35. The Kier molecular flexibility index (Phi) is 6.31. The lowest BCUT2D eigenvalue weighted by atomic mass is 10.1. The van der Waals surface area contributed by atoms with E-state index < -0.39 is 21.9 Å². The highest BCUT2D eigenvalue weighted by Gasteiger charge is 2.25. The largest absolute Gasteiger partial charge is 0.495 e. The summed E-state index contributed by atoms with van der Waals surface area (Å²) < 4.78 is 47.3. The lowest BCUT2D eigenvalue weighted by Gasteiger charge is -2.19. The minimum Gasteiger partial charge on any atom is -0.495 e. The summed E-state index contributed by atoms with van der Waals surface area (Å²) in [6, 6.07) is 12.8. The number of ether oxygens (including phenoxy) is 1. The fraction of sp³-hybridized carbons (Fsp3) is 0.150. The average Bonchev–Trinajstić information content (AvgIpc) is 3.21. The van der Waals surface area contributed by atoms with Crippen LogP contribution >= 0.6 is 11.3 Å². The van der Waals surface area contributed by atoms with Crippen LogP contribution in [-0.4, -0.2) is 21.4 Å². The van der Waals surface area contributed by atoms with Crippen molar-refractivity contribution in [2.75, 3.05) is 12.4 Å². The number of hydrogen-bond acceptors (Lipinski definition) is 5. The first-order valence-corrected chi connectivity index (χ1v) is 10.9. The number of thiophene rings is 1. The van der Waals surface area contributed by atoms with Crippen LogP contribution in [-0.2, 0) is 14.8 Å². The standard InChI is InChI=1S/C20H19FN2O4S2/c1-13(24)22-17-10-9-16(12-18(17)27-2)29(25,26)23-20(19-4-3-11-28-19)14-5-7-15(21)8-6-14/h3-12,20,23H,1-2H3,(H,22,24). The van der Waals surface area contributed by atoms with Crippen molar-refractivity contribution in [1.82, 2.24) is 4.72 Å². The van der Waals surface area contributed by atoms with E-state index in [-0.39, 0.29) is 16.6 Å². The lowest BCUT2D eigenvalue weighted by Crippen LogP contribution is -2.29. The van der Waals surface area contributed by atoms with Gasteiger partial charge in [-0.25, -0.2) is 12.8 Å². The average molecular weight is 435 g/mol.